The Morgan fingerprint density at radius 1 is 1.26 bits per heavy atom. The van der Waals surface area contributed by atoms with Crippen LogP contribution in [0, 0.1) is 0 Å². The van der Waals surface area contributed by atoms with E-state index in [2.05, 4.69) is 0 Å². The van der Waals surface area contributed by atoms with Crippen molar-refractivity contribution in [2.24, 2.45) is 5.73 Å². The zero-order valence-corrected chi connectivity index (χ0v) is 11.5. The maximum absolute atomic E-state index is 11.8. The third-order valence-electron chi connectivity index (χ3n) is 3.56. The van der Waals surface area contributed by atoms with Gasteiger partial charge in [-0.15, -0.1) is 0 Å². The number of rotatable bonds is 4. The molecule has 3 N–H and O–H groups in total. The lowest BCUT2D eigenvalue weighted by Crippen LogP contribution is -2.42. The van der Waals surface area contributed by atoms with E-state index in [-0.39, 0.29) is 25.2 Å². The summed E-state index contributed by atoms with van der Waals surface area (Å²) in [6, 6.07) is 0.411. The quantitative estimate of drug-likeness (QED) is 0.794. The Balaban J connectivity index is 2.27. The molecule has 0 unspecified atom stereocenters. The van der Waals surface area contributed by atoms with E-state index in [1.165, 1.54) is 7.05 Å². The molecule has 7 heteroatoms. The van der Waals surface area contributed by atoms with E-state index in [1.807, 2.05) is 0 Å². The van der Waals surface area contributed by atoms with Crippen LogP contribution in [-0.4, -0.2) is 66.4 Å². The van der Waals surface area contributed by atoms with Gasteiger partial charge >= 0.3 is 12.2 Å². The Morgan fingerprint density at radius 3 is 2.37 bits per heavy atom. The van der Waals surface area contributed by atoms with Crippen LogP contribution >= 0.6 is 0 Å². The Bertz CT molecular complexity index is 316. The standard InChI is InChI=1S/C12H23N3O4/c1-14(11(16)17)7-8-19-12(18)15(2)10-5-3-9(13)4-6-10/h9-10H,3-8,13H2,1-2H3,(H,16,17)/t9-,10-. The van der Waals surface area contributed by atoms with E-state index in [1.54, 1.807) is 11.9 Å². The molecule has 7 nitrogen and oxygen atoms in total. The molecule has 110 valence electrons. The van der Waals surface area contributed by atoms with Gasteiger partial charge in [0.1, 0.15) is 6.61 Å². The van der Waals surface area contributed by atoms with Crippen molar-refractivity contribution in [1.82, 2.24) is 9.80 Å². The summed E-state index contributed by atoms with van der Waals surface area (Å²) in [5.74, 6) is 0. The summed E-state index contributed by atoms with van der Waals surface area (Å²) >= 11 is 0. The Kier molecular flexibility index (Phi) is 5.88. The second kappa shape index (κ2) is 7.18. The number of carbonyl (C=O) groups excluding carboxylic acids is 1. The normalized spacial score (nSPS) is 22.7. The van der Waals surface area contributed by atoms with Crippen LogP contribution in [0.2, 0.25) is 0 Å². The molecule has 0 aromatic carbocycles. The zero-order valence-electron chi connectivity index (χ0n) is 11.5. The van der Waals surface area contributed by atoms with Gasteiger partial charge in [-0.3, -0.25) is 0 Å². The SMILES string of the molecule is CN(CCOC(=O)N(C)[C@H]1CC[C@H](N)CC1)C(=O)O. The van der Waals surface area contributed by atoms with E-state index in [0.29, 0.717) is 0 Å². The predicted molar refractivity (Wildman–Crippen MR) is 70.0 cm³/mol. The van der Waals surface area contributed by atoms with Gasteiger partial charge < -0.3 is 25.4 Å². The monoisotopic (exact) mass is 273 g/mol. The molecule has 0 saturated heterocycles. The summed E-state index contributed by atoms with van der Waals surface area (Å²) in [5, 5.41) is 8.65. The van der Waals surface area contributed by atoms with Crippen LogP contribution in [0.15, 0.2) is 0 Å². The van der Waals surface area contributed by atoms with E-state index in [4.69, 9.17) is 15.6 Å². The minimum absolute atomic E-state index is 0.0677. The summed E-state index contributed by atoms with van der Waals surface area (Å²) in [5.41, 5.74) is 5.82. The number of nitrogens with zero attached hydrogens (tertiary/aromatic N) is 2. The van der Waals surface area contributed by atoms with Crippen LogP contribution in [0.5, 0.6) is 0 Å². The molecule has 1 fully saturated rings. The van der Waals surface area contributed by atoms with Gasteiger partial charge in [0.05, 0.1) is 6.54 Å². The summed E-state index contributed by atoms with van der Waals surface area (Å²) in [6.45, 7) is 0.239. The van der Waals surface area contributed by atoms with Crippen molar-refractivity contribution in [3.63, 3.8) is 0 Å². The fraction of sp³-hybridized carbons (Fsp3) is 0.833. The summed E-state index contributed by atoms with van der Waals surface area (Å²) in [4.78, 5) is 25.0. The molecule has 0 spiro atoms. The van der Waals surface area contributed by atoms with Crippen molar-refractivity contribution < 1.29 is 19.4 Å². The first kappa shape index (κ1) is 15.6. The fourth-order valence-corrected chi connectivity index (χ4v) is 2.11. The van der Waals surface area contributed by atoms with Gasteiger partial charge in [-0.05, 0) is 25.7 Å². The van der Waals surface area contributed by atoms with Crippen LogP contribution in [0.1, 0.15) is 25.7 Å². The number of likely N-dealkylation sites (N-methyl/N-ethyl adjacent to an activating group) is 1. The molecule has 0 aliphatic heterocycles. The number of ether oxygens (including phenoxy) is 1. The molecule has 0 aromatic rings. The number of hydrogen-bond acceptors (Lipinski definition) is 4. The maximum atomic E-state index is 11.8. The molecule has 2 amide bonds. The van der Waals surface area contributed by atoms with Gasteiger partial charge in [-0.1, -0.05) is 0 Å². The Morgan fingerprint density at radius 2 is 1.84 bits per heavy atom. The van der Waals surface area contributed by atoms with E-state index in [0.717, 1.165) is 30.6 Å². The fourth-order valence-electron chi connectivity index (χ4n) is 2.11. The Hall–Kier alpha value is -1.50. The maximum Gasteiger partial charge on any atom is 0.409 e. The van der Waals surface area contributed by atoms with Crippen molar-refractivity contribution >= 4 is 12.2 Å². The number of nitrogens with two attached hydrogens (primary N) is 1. The molecule has 0 bridgehead atoms. The molecular formula is C12H23N3O4. The molecule has 1 saturated carbocycles. The van der Waals surface area contributed by atoms with Crippen LogP contribution in [-0.2, 0) is 4.74 Å². The summed E-state index contributed by atoms with van der Waals surface area (Å²) in [6.07, 6.45) is 2.18. The molecule has 1 rings (SSSR count). The molecule has 0 heterocycles. The average molecular weight is 273 g/mol. The number of hydrogen-bond donors (Lipinski definition) is 2. The van der Waals surface area contributed by atoms with Crippen molar-refractivity contribution in [3.05, 3.63) is 0 Å². The number of amides is 2. The largest absolute Gasteiger partial charge is 0.465 e. The highest BCUT2D eigenvalue weighted by Gasteiger charge is 2.25. The van der Waals surface area contributed by atoms with Crippen molar-refractivity contribution in [2.45, 2.75) is 37.8 Å². The topological polar surface area (TPSA) is 96.1 Å². The van der Waals surface area contributed by atoms with Gasteiger partial charge in [0, 0.05) is 26.2 Å². The molecular weight excluding hydrogens is 250 g/mol. The van der Waals surface area contributed by atoms with Crippen LogP contribution < -0.4 is 5.73 Å². The first-order chi connectivity index (χ1) is 8.91. The first-order valence-electron chi connectivity index (χ1n) is 6.51. The van der Waals surface area contributed by atoms with Crippen LogP contribution in [0.4, 0.5) is 9.59 Å². The van der Waals surface area contributed by atoms with E-state index in [9.17, 15) is 9.59 Å². The lowest BCUT2D eigenvalue weighted by Gasteiger charge is -2.32. The van der Waals surface area contributed by atoms with Gasteiger partial charge in [-0.25, -0.2) is 9.59 Å². The van der Waals surface area contributed by atoms with Crippen LogP contribution in [0.25, 0.3) is 0 Å². The van der Waals surface area contributed by atoms with Crippen molar-refractivity contribution in [1.29, 1.82) is 0 Å². The van der Waals surface area contributed by atoms with Gasteiger partial charge in [0.25, 0.3) is 0 Å². The number of carbonyl (C=O) groups is 2. The molecule has 0 atom stereocenters. The van der Waals surface area contributed by atoms with E-state index < -0.39 is 12.2 Å². The Labute approximate surface area is 113 Å². The minimum atomic E-state index is -1.04. The second-order valence-electron chi connectivity index (χ2n) is 5.00. The predicted octanol–water partition coefficient (Wildman–Crippen LogP) is 0.935. The number of carboxylic acid groups (broad SMARTS) is 1. The third-order valence-corrected chi connectivity index (χ3v) is 3.56. The highest BCUT2D eigenvalue weighted by Crippen LogP contribution is 2.21. The average Bonchev–Trinajstić information content (AvgIpc) is 2.38. The zero-order chi connectivity index (χ0) is 14.4. The van der Waals surface area contributed by atoms with Gasteiger partial charge in [0.15, 0.2) is 0 Å². The third kappa shape index (κ3) is 4.94. The molecule has 0 aromatic heterocycles. The second-order valence-corrected chi connectivity index (χ2v) is 5.00. The smallest absolute Gasteiger partial charge is 0.409 e. The van der Waals surface area contributed by atoms with Crippen molar-refractivity contribution in [2.75, 3.05) is 27.2 Å². The molecule has 1 aliphatic carbocycles. The van der Waals surface area contributed by atoms with E-state index >= 15 is 0 Å². The lowest BCUT2D eigenvalue weighted by molar-refractivity contribution is 0.0789. The van der Waals surface area contributed by atoms with Crippen LogP contribution in [0.3, 0.4) is 0 Å². The van der Waals surface area contributed by atoms with Gasteiger partial charge in [-0.2, -0.15) is 0 Å². The molecule has 1 aliphatic rings. The minimum Gasteiger partial charge on any atom is -0.465 e. The molecule has 0 radical (unpaired) electrons. The highest BCUT2D eigenvalue weighted by molar-refractivity contribution is 5.68. The lowest BCUT2D eigenvalue weighted by atomic mass is 9.91. The molecule has 19 heavy (non-hydrogen) atoms. The summed E-state index contributed by atoms with van der Waals surface area (Å²) in [7, 11) is 3.15. The summed E-state index contributed by atoms with van der Waals surface area (Å²) < 4.78 is 5.06. The van der Waals surface area contributed by atoms with Crippen molar-refractivity contribution in [3.8, 4) is 0 Å². The first-order valence-corrected chi connectivity index (χ1v) is 6.51. The van der Waals surface area contributed by atoms with Gasteiger partial charge in [0.2, 0.25) is 0 Å². The highest BCUT2D eigenvalue weighted by atomic mass is 16.6.